The minimum Gasteiger partial charge on any atom is -0.300 e. The molecular formula is C19H25N3O2. The highest BCUT2D eigenvalue weighted by Crippen LogP contribution is 2.43. The summed E-state index contributed by atoms with van der Waals surface area (Å²) < 4.78 is 0. The van der Waals surface area contributed by atoms with Gasteiger partial charge in [0.15, 0.2) is 0 Å². The average molecular weight is 327 g/mol. The normalized spacial score (nSPS) is 30.1. The van der Waals surface area contributed by atoms with Gasteiger partial charge in [-0.15, -0.1) is 0 Å². The Morgan fingerprint density at radius 1 is 1.00 bits per heavy atom. The summed E-state index contributed by atoms with van der Waals surface area (Å²) in [5, 5.41) is 10.7. The molecule has 1 saturated heterocycles. The molecular weight excluding hydrogens is 302 g/mol. The van der Waals surface area contributed by atoms with Crippen LogP contribution in [-0.2, 0) is 6.54 Å². The third kappa shape index (κ3) is 3.37. The number of nitro benzene ring substituents is 1. The lowest BCUT2D eigenvalue weighted by atomic mass is 9.93. The second-order valence-corrected chi connectivity index (χ2v) is 7.54. The van der Waals surface area contributed by atoms with Crippen LogP contribution < -0.4 is 0 Å². The summed E-state index contributed by atoms with van der Waals surface area (Å²) in [5.74, 6) is 2.58. The van der Waals surface area contributed by atoms with Crippen molar-refractivity contribution in [1.29, 1.82) is 0 Å². The van der Waals surface area contributed by atoms with Crippen LogP contribution in [0.15, 0.2) is 36.4 Å². The van der Waals surface area contributed by atoms with Gasteiger partial charge < -0.3 is 4.90 Å². The van der Waals surface area contributed by atoms with E-state index in [0.29, 0.717) is 0 Å². The maximum Gasteiger partial charge on any atom is 0.269 e. The van der Waals surface area contributed by atoms with Gasteiger partial charge in [-0.05, 0) is 36.2 Å². The summed E-state index contributed by atoms with van der Waals surface area (Å²) >= 11 is 0. The molecule has 5 heteroatoms. The molecule has 2 fully saturated rings. The molecule has 1 heterocycles. The standard InChI is InChI=1S/C19H25N3O2/c23-22(24)19-5-2-15(3-6-19)13-20-7-9-21(10-8-20)14-18-12-16-1-4-17(18)11-16/h1-6,16-18H,7-14H2/t16-,17+,18-/m0/s1. The Bertz CT molecular complexity index is 620. The molecule has 24 heavy (non-hydrogen) atoms. The van der Waals surface area contributed by atoms with E-state index in [9.17, 15) is 10.1 Å². The van der Waals surface area contributed by atoms with Crippen molar-refractivity contribution >= 4 is 5.69 Å². The van der Waals surface area contributed by atoms with Crippen molar-refractivity contribution in [2.75, 3.05) is 32.7 Å². The Kier molecular flexibility index (Phi) is 4.37. The van der Waals surface area contributed by atoms with Crippen LogP contribution in [0.2, 0.25) is 0 Å². The van der Waals surface area contributed by atoms with E-state index in [0.717, 1.165) is 56.0 Å². The Morgan fingerprint density at radius 2 is 1.71 bits per heavy atom. The predicted molar refractivity (Wildman–Crippen MR) is 93.7 cm³/mol. The summed E-state index contributed by atoms with van der Waals surface area (Å²) in [6.45, 7) is 6.62. The van der Waals surface area contributed by atoms with Gasteiger partial charge in [-0.1, -0.05) is 24.3 Å². The molecule has 1 aromatic carbocycles. The molecule has 0 radical (unpaired) electrons. The average Bonchev–Trinajstić information content (AvgIpc) is 3.20. The van der Waals surface area contributed by atoms with E-state index in [-0.39, 0.29) is 10.6 Å². The fourth-order valence-electron chi connectivity index (χ4n) is 4.55. The maximum absolute atomic E-state index is 10.7. The van der Waals surface area contributed by atoms with Crippen molar-refractivity contribution in [3.8, 4) is 0 Å². The predicted octanol–water partition coefficient (Wildman–Crippen LogP) is 2.92. The van der Waals surface area contributed by atoms with Crippen LogP contribution in [0.25, 0.3) is 0 Å². The molecule has 0 N–H and O–H groups in total. The molecule has 1 saturated carbocycles. The molecule has 5 nitrogen and oxygen atoms in total. The first-order valence-electron chi connectivity index (χ1n) is 9.04. The summed E-state index contributed by atoms with van der Waals surface area (Å²) in [7, 11) is 0. The Hall–Kier alpha value is -1.72. The quantitative estimate of drug-likeness (QED) is 0.474. The van der Waals surface area contributed by atoms with E-state index in [1.165, 1.54) is 19.4 Å². The summed E-state index contributed by atoms with van der Waals surface area (Å²) in [6, 6.07) is 6.97. The van der Waals surface area contributed by atoms with Crippen LogP contribution in [0, 0.1) is 27.9 Å². The van der Waals surface area contributed by atoms with E-state index in [1.54, 1.807) is 12.1 Å². The number of hydrogen-bond acceptors (Lipinski definition) is 4. The number of allylic oxidation sites excluding steroid dienone is 2. The minimum absolute atomic E-state index is 0.170. The SMILES string of the molecule is O=[N+]([O-])c1ccc(CN2CCN(C[C@@H]3C[C@H]4C=C[C@@H]3C4)CC2)cc1. The first-order chi connectivity index (χ1) is 11.7. The van der Waals surface area contributed by atoms with Gasteiger partial charge in [0.05, 0.1) is 4.92 Å². The fourth-order valence-corrected chi connectivity index (χ4v) is 4.55. The molecule has 0 amide bonds. The van der Waals surface area contributed by atoms with Gasteiger partial charge in [0.25, 0.3) is 5.69 Å². The van der Waals surface area contributed by atoms with E-state index in [4.69, 9.17) is 0 Å². The number of non-ortho nitro benzene ring substituents is 1. The van der Waals surface area contributed by atoms with Gasteiger partial charge in [0.2, 0.25) is 0 Å². The van der Waals surface area contributed by atoms with Gasteiger partial charge in [-0.2, -0.15) is 0 Å². The first kappa shape index (κ1) is 15.8. The molecule has 2 aliphatic carbocycles. The smallest absolute Gasteiger partial charge is 0.269 e. The van der Waals surface area contributed by atoms with E-state index >= 15 is 0 Å². The van der Waals surface area contributed by atoms with Crippen molar-refractivity contribution < 1.29 is 4.92 Å². The van der Waals surface area contributed by atoms with E-state index in [2.05, 4.69) is 22.0 Å². The summed E-state index contributed by atoms with van der Waals surface area (Å²) in [4.78, 5) is 15.5. The van der Waals surface area contributed by atoms with Gasteiger partial charge in [-0.25, -0.2) is 0 Å². The third-order valence-electron chi connectivity index (χ3n) is 5.93. The summed E-state index contributed by atoms with van der Waals surface area (Å²) in [5.41, 5.74) is 1.33. The molecule has 3 atom stereocenters. The van der Waals surface area contributed by atoms with Crippen LogP contribution in [0.5, 0.6) is 0 Å². The highest BCUT2D eigenvalue weighted by atomic mass is 16.6. The highest BCUT2D eigenvalue weighted by Gasteiger charge is 2.36. The van der Waals surface area contributed by atoms with Gasteiger partial charge in [0, 0.05) is 51.4 Å². The van der Waals surface area contributed by atoms with E-state index < -0.39 is 0 Å². The zero-order chi connectivity index (χ0) is 16.5. The van der Waals surface area contributed by atoms with Crippen molar-refractivity contribution in [3.05, 3.63) is 52.1 Å². The Morgan fingerprint density at radius 3 is 2.29 bits per heavy atom. The second-order valence-electron chi connectivity index (χ2n) is 7.54. The molecule has 0 spiro atoms. The molecule has 128 valence electrons. The van der Waals surface area contributed by atoms with Crippen LogP contribution in [-0.4, -0.2) is 47.4 Å². The lowest BCUT2D eigenvalue weighted by Gasteiger charge is -2.37. The number of benzene rings is 1. The van der Waals surface area contributed by atoms with Crippen LogP contribution >= 0.6 is 0 Å². The van der Waals surface area contributed by atoms with E-state index in [1.807, 2.05) is 12.1 Å². The maximum atomic E-state index is 10.7. The summed E-state index contributed by atoms with van der Waals surface area (Å²) in [6.07, 6.45) is 7.65. The van der Waals surface area contributed by atoms with Crippen LogP contribution in [0.1, 0.15) is 18.4 Å². The second kappa shape index (κ2) is 6.65. The molecule has 3 aliphatic rings. The first-order valence-corrected chi connectivity index (χ1v) is 9.04. The number of rotatable bonds is 5. The van der Waals surface area contributed by atoms with Crippen molar-refractivity contribution in [3.63, 3.8) is 0 Å². The number of nitro groups is 1. The molecule has 1 aliphatic heterocycles. The van der Waals surface area contributed by atoms with Gasteiger partial charge >= 0.3 is 0 Å². The topological polar surface area (TPSA) is 49.6 Å². The van der Waals surface area contributed by atoms with Crippen molar-refractivity contribution in [1.82, 2.24) is 9.80 Å². The lowest BCUT2D eigenvalue weighted by molar-refractivity contribution is -0.384. The number of nitrogens with zero attached hydrogens (tertiary/aromatic N) is 3. The lowest BCUT2D eigenvalue weighted by Crippen LogP contribution is -2.47. The molecule has 4 rings (SSSR count). The largest absolute Gasteiger partial charge is 0.300 e. The van der Waals surface area contributed by atoms with Crippen molar-refractivity contribution in [2.45, 2.75) is 19.4 Å². The third-order valence-corrected chi connectivity index (χ3v) is 5.93. The molecule has 1 aromatic rings. The zero-order valence-corrected chi connectivity index (χ0v) is 14.0. The van der Waals surface area contributed by atoms with Gasteiger partial charge in [-0.3, -0.25) is 15.0 Å². The van der Waals surface area contributed by atoms with Crippen molar-refractivity contribution in [2.24, 2.45) is 17.8 Å². The number of piperazine rings is 1. The fraction of sp³-hybridized carbons (Fsp3) is 0.579. The van der Waals surface area contributed by atoms with Crippen LogP contribution in [0.3, 0.4) is 0 Å². The molecule has 2 bridgehead atoms. The number of hydrogen-bond donors (Lipinski definition) is 0. The monoisotopic (exact) mass is 327 g/mol. The minimum atomic E-state index is -0.340. The van der Waals surface area contributed by atoms with Crippen LogP contribution in [0.4, 0.5) is 5.69 Å². The number of fused-ring (bicyclic) bond motifs is 2. The zero-order valence-electron chi connectivity index (χ0n) is 14.0. The van der Waals surface area contributed by atoms with Gasteiger partial charge in [0.1, 0.15) is 0 Å². The molecule has 0 aromatic heterocycles. The Labute approximate surface area is 143 Å². The highest BCUT2D eigenvalue weighted by molar-refractivity contribution is 5.32. The molecule has 0 unspecified atom stereocenters. The Balaban J connectivity index is 1.24.